The van der Waals surface area contributed by atoms with Gasteiger partial charge in [-0.05, 0) is 36.1 Å². The van der Waals surface area contributed by atoms with Crippen molar-refractivity contribution in [1.29, 1.82) is 0 Å². The van der Waals surface area contributed by atoms with Gasteiger partial charge in [-0.15, -0.1) is 0 Å². The number of anilines is 1. The number of hydrogen-bond donors (Lipinski definition) is 1. The maximum Gasteiger partial charge on any atom is 0.133 e. The van der Waals surface area contributed by atoms with Gasteiger partial charge in [0, 0.05) is 28.1 Å². The number of hydrogen-bond acceptors (Lipinski definition) is 3. The summed E-state index contributed by atoms with van der Waals surface area (Å²) in [4.78, 5) is 0. The predicted molar refractivity (Wildman–Crippen MR) is 89.1 cm³/mol. The number of benzene rings is 1. The van der Waals surface area contributed by atoms with Crippen LogP contribution in [0.25, 0.3) is 16.9 Å². The van der Waals surface area contributed by atoms with E-state index in [4.69, 9.17) is 28.3 Å². The molecule has 0 atom stereocenters. The van der Waals surface area contributed by atoms with Crippen LogP contribution in [0.4, 0.5) is 5.82 Å². The van der Waals surface area contributed by atoms with Gasteiger partial charge in [-0.1, -0.05) is 23.2 Å². The zero-order valence-corrected chi connectivity index (χ0v) is 13.3. The molecule has 106 valence electrons. The summed E-state index contributed by atoms with van der Waals surface area (Å²) in [6.07, 6.45) is 0.978. The first-order valence-corrected chi connectivity index (χ1v) is 8.27. The third-order valence-electron chi connectivity index (χ3n) is 3.58. The van der Waals surface area contributed by atoms with Crippen molar-refractivity contribution in [1.82, 2.24) is 9.78 Å². The van der Waals surface area contributed by atoms with Crippen LogP contribution in [0.2, 0.25) is 10.0 Å². The molecular weight excluding hydrogens is 325 g/mol. The Morgan fingerprint density at radius 1 is 1.24 bits per heavy atom. The topological polar surface area (TPSA) is 29.9 Å². The Morgan fingerprint density at radius 3 is 2.90 bits per heavy atom. The van der Waals surface area contributed by atoms with E-state index in [1.807, 2.05) is 16.8 Å². The smallest absolute Gasteiger partial charge is 0.133 e. The Balaban J connectivity index is 1.92. The molecule has 0 saturated carbocycles. The van der Waals surface area contributed by atoms with Crippen molar-refractivity contribution in [3.8, 4) is 16.9 Å². The van der Waals surface area contributed by atoms with Crippen LogP contribution in [-0.2, 0) is 6.42 Å². The Labute approximate surface area is 136 Å². The van der Waals surface area contributed by atoms with Crippen molar-refractivity contribution >= 4 is 40.4 Å². The second-order valence-electron chi connectivity index (χ2n) is 4.87. The molecule has 4 rings (SSSR count). The molecular formula is C15H11Cl2N3S. The monoisotopic (exact) mass is 335 g/mol. The summed E-state index contributed by atoms with van der Waals surface area (Å²) >= 11 is 14.0. The molecule has 2 aromatic heterocycles. The SMILES string of the molecule is Clc1ccc(-n2nc(-c3ccsc3)c3c2NCC3)c(Cl)c1. The number of thiophene rings is 1. The summed E-state index contributed by atoms with van der Waals surface area (Å²) in [6, 6.07) is 7.57. The van der Waals surface area contributed by atoms with Crippen LogP contribution in [-0.4, -0.2) is 16.3 Å². The fourth-order valence-electron chi connectivity index (χ4n) is 2.63. The maximum absolute atomic E-state index is 6.33. The third kappa shape index (κ3) is 2.14. The van der Waals surface area contributed by atoms with Gasteiger partial charge in [-0.25, -0.2) is 4.68 Å². The summed E-state index contributed by atoms with van der Waals surface area (Å²) in [7, 11) is 0. The van der Waals surface area contributed by atoms with E-state index in [1.165, 1.54) is 5.56 Å². The molecule has 0 aliphatic carbocycles. The largest absolute Gasteiger partial charge is 0.369 e. The minimum atomic E-state index is 0.596. The van der Waals surface area contributed by atoms with Crippen molar-refractivity contribution in [2.24, 2.45) is 0 Å². The molecule has 1 aliphatic rings. The average molecular weight is 336 g/mol. The van der Waals surface area contributed by atoms with Gasteiger partial charge >= 0.3 is 0 Å². The normalized spacial score (nSPS) is 13.2. The van der Waals surface area contributed by atoms with Crippen LogP contribution in [0.3, 0.4) is 0 Å². The second-order valence-corrected chi connectivity index (χ2v) is 6.50. The Morgan fingerprint density at radius 2 is 2.14 bits per heavy atom. The highest BCUT2D eigenvalue weighted by Gasteiger charge is 2.24. The first-order valence-electron chi connectivity index (χ1n) is 6.58. The molecule has 1 N–H and O–H groups in total. The summed E-state index contributed by atoms with van der Waals surface area (Å²) in [5.41, 5.74) is 4.28. The summed E-state index contributed by atoms with van der Waals surface area (Å²) in [5, 5.41) is 13.6. The fraction of sp³-hybridized carbons (Fsp3) is 0.133. The van der Waals surface area contributed by atoms with Gasteiger partial charge in [0.2, 0.25) is 0 Å². The minimum absolute atomic E-state index is 0.596. The van der Waals surface area contributed by atoms with Crippen LogP contribution in [0.1, 0.15) is 5.56 Å². The average Bonchev–Trinajstić information content (AvgIpc) is 3.15. The van der Waals surface area contributed by atoms with Crippen LogP contribution in [0, 0.1) is 0 Å². The van der Waals surface area contributed by atoms with Crippen molar-refractivity contribution in [3.63, 3.8) is 0 Å². The first kappa shape index (κ1) is 13.2. The summed E-state index contributed by atoms with van der Waals surface area (Å²) in [6.45, 7) is 0.926. The van der Waals surface area contributed by atoms with Crippen LogP contribution >= 0.6 is 34.5 Å². The van der Waals surface area contributed by atoms with E-state index in [0.29, 0.717) is 10.0 Å². The van der Waals surface area contributed by atoms with E-state index in [2.05, 4.69) is 22.1 Å². The van der Waals surface area contributed by atoms with E-state index >= 15 is 0 Å². The Hall–Kier alpha value is -1.49. The molecule has 3 heterocycles. The molecule has 0 saturated heterocycles. The van der Waals surface area contributed by atoms with Gasteiger partial charge < -0.3 is 5.32 Å². The molecule has 0 radical (unpaired) electrons. The number of nitrogens with zero attached hydrogens (tertiary/aromatic N) is 2. The van der Waals surface area contributed by atoms with Gasteiger partial charge in [-0.3, -0.25) is 0 Å². The van der Waals surface area contributed by atoms with Crippen LogP contribution < -0.4 is 5.32 Å². The quantitative estimate of drug-likeness (QED) is 0.723. The lowest BCUT2D eigenvalue weighted by Crippen LogP contribution is -2.04. The van der Waals surface area contributed by atoms with Gasteiger partial charge in [-0.2, -0.15) is 16.4 Å². The molecule has 3 aromatic rings. The predicted octanol–water partition coefficient (Wildman–Crippen LogP) is 4.88. The molecule has 0 amide bonds. The lowest BCUT2D eigenvalue weighted by molar-refractivity contribution is 0.883. The van der Waals surface area contributed by atoms with Crippen LogP contribution in [0.5, 0.6) is 0 Å². The van der Waals surface area contributed by atoms with Crippen molar-refractivity contribution in [2.75, 3.05) is 11.9 Å². The molecule has 1 aliphatic heterocycles. The highest BCUT2D eigenvalue weighted by atomic mass is 35.5. The second kappa shape index (κ2) is 5.05. The zero-order chi connectivity index (χ0) is 14.4. The lowest BCUT2D eigenvalue weighted by atomic mass is 10.1. The molecule has 0 bridgehead atoms. The number of fused-ring (bicyclic) bond motifs is 1. The van der Waals surface area contributed by atoms with Gasteiger partial charge in [0.05, 0.1) is 16.4 Å². The van der Waals surface area contributed by atoms with Gasteiger partial charge in [0.15, 0.2) is 0 Å². The molecule has 6 heteroatoms. The molecule has 1 aromatic carbocycles. The molecule has 3 nitrogen and oxygen atoms in total. The number of halogens is 2. The van der Waals surface area contributed by atoms with E-state index in [9.17, 15) is 0 Å². The summed E-state index contributed by atoms with van der Waals surface area (Å²) < 4.78 is 1.88. The highest BCUT2D eigenvalue weighted by Crippen LogP contribution is 2.37. The number of rotatable bonds is 2. The standard InChI is InChI=1S/C15H11Cl2N3S/c16-10-1-2-13(12(17)7-10)20-15-11(3-5-18-15)14(19-20)9-4-6-21-8-9/h1-2,4,6-8,18H,3,5H2. The maximum atomic E-state index is 6.33. The number of nitrogens with one attached hydrogen (secondary N) is 1. The lowest BCUT2D eigenvalue weighted by Gasteiger charge is -2.08. The fourth-order valence-corrected chi connectivity index (χ4v) is 3.76. The first-order chi connectivity index (χ1) is 10.2. The molecule has 21 heavy (non-hydrogen) atoms. The zero-order valence-electron chi connectivity index (χ0n) is 10.9. The summed E-state index contributed by atoms with van der Waals surface area (Å²) in [5.74, 6) is 1.03. The van der Waals surface area contributed by atoms with E-state index in [1.54, 1.807) is 17.4 Å². The molecule has 0 fully saturated rings. The van der Waals surface area contributed by atoms with E-state index in [-0.39, 0.29) is 0 Å². The molecule has 0 spiro atoms. The number of aromatic nitrogens is 2. The van der Waals surface area contributed by atoms with Crippen LogP contribution in [0.15, 0.2) is 35.0 Å². The molecule has 0 unspecified atom stereocenters. The van der Waals surface area contributed by atoms with Crippen molar-refractivity contribution in [2.45, 2.75) is 6.42 Å². The van der Waals surface area contributed by atoms with Gasteiger partial charge in [0.25, 0.3) is 0 Å². The minimum Gasteiger partial charge on any atom is -0.369 e. The van der Waals surface area contributed by atoms with Crippen molar-refractivity contribution in [3.05, 3.63) is 50.6 Å². The Bertz CT molecular complexity index is 809. The van der Waals surface area contributed by atoms with E-state index < -0.39 is 0 Å². The van der Waals surface area contributed by atoms with Gasteiger partial charge in [0.1, 0.15) is 5.82 Å². The van der Waals surface area contributed by atoms with E-state index in [0.717, 1.165) is 35.7 Å². The Kier molecular flexibility index (Phi) is 3.17. The van der Waals surface area contributed by atoms with Crippen molar-refractivity contribution < 1.29 is 0 Å². The third-order valence-corrected chi connectivity index (χ3v) is 4.80. The highest BCUT2D eigenvalue weighted by molar-refractivity contribution is 7.08.